The lowest BCUT2D eigenvalue weighted by Crippen LogP contribution is -2.23. The maximum Gasteiger partial charge on any atom is 0.211 e. The molecule has 1 aromatic heterocycles. The molecule has 3 rings (SSSR count). The molecular weight excluding hydrogens is 380 g/mol. The van der Waals surface area contributed by atoms with E-state index in [1.165, 1.54) is 5.56 Å². The molecule has 0 aliphatic heterocycles. The third kappa shape index (κ3) is 3.76. The second kappa shape index (κ2) is 7.19. The quantitative estimate of drug-likeness (QED) is 0.462. The van der Waals surface area contributed by atoms with Crippen molar-refractivity contribution in [1.82, 2.24) is 0 Å². The monoisotopic (exact) mass is 396 g/mol. The van der Waals surface area contributed by atoms with Gasteiger partial charge in [-0.15, -0.1) is 17.5 Å². The van der Waals surface area contributed by atoms with E-state index >= 15 is 0 Å². The van der Waals surface area contributed by atoms with Gasteiger partial charge < -0.3 is 15.9 Å². The molecule has 0 fully saturated rings. The van der Waals surface area contributed by atoms with Crippen molar-refractivity contribution in [3.05, 3.63) is 57.5 Å². The van der Waals surface area contributed by atoms with Gasteiger partial charge in [0.2, 0.25) is 5.96 Å². The van der Waals surface area contributed by atoms with Crippen molar-refractivity contribution in [1.29, 1.82) is 0 Å². The van der Waals surface area contributed by atoms with Crippen LogP contribution in [0.3, 0.4) is 0 Å². The highest BCUT2D eigenvalue weighted by atomic mass is 79.9. The summed E-state index contributed by atoms with van der Waals surface area (Å²) < 4.78 is 6.76. The molecule has 122 valence electrons. The van der Waals surface area contributed by atoms with E-state index in [0.29, 0.717) is 5.92 Å². The largest absolute Gasteiger partial charge is 0.468 e. The molecule has 0 amide bonds. The molecule has 1 heterocycles. The molecule has 0 bridgehead atoms. The highest BCUT2D eigenvalue weighted by molar-refractivity contribution is 9.10. The summed E-state index contributed by atoms with van der Waals surface area (Å²) in [7, 11) is 0. The molecule has 2 aromatic rings. The van der Waals surface area contributed by atoms with Crippen LogP contribution in [0.15, 0.2) is 49.6 Å². The predicted octanol–water partition coefficient (Wildman–Crippen LogP) is 3.48. The summed E-state index contributed by atoms with van der Waals surface area (Å²) in [5.41, 5.74) is 15.0. The molecule has 23 heavy (non-hydrogen) atoms. The van der Waals surface area contributed by atoms with Gasteiger partial charge in [0, 0.05) is 16.5 Å². The SMILES string of the molecule is Cc1coc2c1C(=NN=C(N)N)CC(c1ccc(Br)cc1)C2.Cl. The molecule has 1 aliphatic carbocycles. The number of aryl methyl sites for hydroxylation is 1. The zero-order valence-corrected chi connectivity index (χ0v) is 15.0. The number of hydrogen-bond donors (Lipinski definition) is 2. The van der Waals surface area contributed by atoms with Gasteiger partial charge in [-0.3, -0.25) is 0 Å². The van der Waals surface area contributed by atoms with Crippen LogP contribution in [0.1, 0.15) is 34.8 Å². The number of nitrogens with two attached hydrogens (primary N) is 2. The lowest BCUT2D eigenvalue weighted by atomic mass is 9.81. The first-order chi connectivity index (χ1) is 10.5. The second-order valence-corrected chi connectivity index (χ2v) is 6.36. The van der Waals surface area contributed by atoms with E-state index in [1.807, 2.05) is 19.1 Å². The maximum atomic E-state index is 5.70. The third-order valence-corrected chi connectivity index (χ3v) is 4.37. The van der Waals surface area contributed by atoms with Gasteiger partial charge >= 0.3 is 0 Å². The predicted molar refractivity (Wildman–Crippen MR) is 98.2 cm³/mol. The molecule has 1 aliphatic rings. The summed E-state index contributed by atoms with van der Waals surface area (Å²) in [6.07, 6.45) is 3.40. The van der Waals surface area contributed by atoms with Crippen LogP contribution in [0.5, 0.6) is 0 Å². The highest BCUT2D eigenvalue weighted by Crippen LogP contribution is 2.35. The van der Waals surface area contributed by atoms with Crippen molar-refractivity contribution in [3.8, 4) is 0 Å². The summed E-state index contributed by atoms with van der Waals surface area (Å²) in [4.78, 5) is 0. The van der Waals surface area contributed by atoms with Crippen molar-refractivity contribution in [3.63, 3.8) is 0 Å². The fourth-order valence-electron chi connectivity index (χ4n) is 2.85. The summed E-state index contributed by atoms with van der Waals surface area (Å²) in [5.74, 6) is 1.21. The Labute approximate surface area is 149 Å². The Morgan fingerprint density at radius 3 is 2.57 bits per heavy atom. The van der Waals surface area contributed by atoms with Crippen LogP contribution in [-0.4, -0.2) is 11.7 Å². The lowest BCUT2D eigenvalue weighted by molar-refractivity contribution is 0.480. The third-order valence-electron chi connectivity index (χ3n) is 3.84. The maximum absolute atomic E-state index is 5.70. The van der Waals surface area contributed by atoms with Crippen LogP contribution in [-0.2, 0) is 6.42 Å². The number of hydrogen-bond acceptors (Lipinski definition) is 3. The van der Waals surface area contributed by atoms with Gasteiger partial charge in [-0.1, -0.05) is 28.1 Å². The Kier molecular flexibility index (Phi) is 5.49. The Morgan fingerprint density at radius 2 is 1.91 bits per heavy atom. The average molecular weight is 398 g/mol. The van der Waals surface area contributed by atoms with Gasteiger partial charge in [0.25, 0.3) is 0 Å². The highest BCUT2D eigenvalue weighted by Gasteiger charge is 2.29. The van der Waals surface area contributed by atoms with E-state index in [-0.39, 0.29) is 18.4 Å². The standard InChI is InChI=1S/C16H17BrN4O.ClH/c1-9-8-22-14-7-11(10-2-4-12(17)5-3-10)6-13(15(9)14)20-21-16(18)19;/h2-5,8,11H,6-7H2,1H3,(H4,18,19,21);1H. The molecule has 4 N–H and O–H groups in total. The topological polar surface area (TPSA) is 89.9 Å². The van der Waals surface area contributed by atoms with Gasteiger partial charge in [0.1, 0.15) is 5.76 Å². The van der Waals surface area contributed by atoms with Crippen LogP contribution < -0.4 is 11.5 Å². The van der Waals surface area contributed by atoms with Crippen LogP contribution in [0.4, 0.5) is 0 Å². The lowest BCUT2D eigenvalue weighted by Gasteiger charge is -2.23. The van der Waals surface area contributed by atoms with Gasteiger partial charge in [-0.05, 0) is 42.5 Å². The van der Waals surface area contributed by atoms with Gasteiger partial charge in [-0.2, -0.15) is 5.10 Å². The van der Waals surface area contributed by atoms with Crippen LogP contribution >= 0.6 is 28.3 Å². The number of halogens is 2. The van der Waals surface area contributed by atoms with E-state index in [2.05, 4.69) is 38.3 Å². The molecule has 1 aromatic carbocycles. The smallest absolute Gasteiger partial charge is 0.211 e. The van der Waals surface area contributed by atoms with E-state index in [0.717, 1.165) is 39.9 Å². The molecular formula is C16H18BrClN4O. The van der Waals surface area contributed by atoms with E-state index in [9.17, 15) is 0 Å². The Hall–Kier alpha value is -1.79. The van der Waals surface area contributed by atoms with Crippen molar-refractivity contribution < 1.29 is 4.42 Å². The fourth-order valence-corrected chi connectivity index (χ4v) is 3.11. The number of benzene rings is 1. The second-order valence-electron chi connectivity index (χ2n) is 5.45. The minimum absolute atomic E-state index is 0. The first-order valence-electron chi connectivity index (χ1n) is 7.03. The molecule has 0 spiro atoms. The first kappa shape index (κ1) is 17.6. The summed E-state index contributed by atoms with van der Waals surface area (Å²) in [5, 5.41) is 8.06. The number of rotatable bonds is 2. The summed E-state index contributed by atoms with van der Waals surface area (Å²) >= 11 is 3.46. The van der Waals surface area contributed by atoms with Crippen molar-refractivity contribution >= 4 is 40.0 Å². The van der Waals surface area contributed by atoms with Crippen molar-refractivity contribution in [2.75, 3.05) is 0 Å². The van der Waals surface area contributed by atoms with Crippen LogP contribution in [0.25, 0.3) is 0 Å². The van der Waals surface area contributed by atoms with Crippen molar-refractivity contribution in [2.24, 2.45) is 21.7 Å². The van der Waals surface area contributed by atoms with Crippen LogP contribution in [0, 0.1) is 6.92 Å². The Morgan fingerprint density at radius 1 is 1.22 bits per heavy atom. The minimum atomic E-state index is -0.0408. The van der Waals surface area contributed by atoms with E-state index in [4.69, 9.17) is 15.9 Å². The number of nitrogens with zero attached hydrogens (tertiary/aromatic N) is 2. The zero-order valence-electron chi connectivity index (χ0n) is 12.6. The number of furan rings is 1. The van der Waals surface area contributed by atoms with Gasteiger partial charge in [-0.25, -0.2) is 0 Å². The minimum Gasteiger partial charge on any atom is -0.468 e. The van der Waals surface area contributed by atoms with E-state index in [1.54, 1.807) is 6.26 Å². The Bertz CT molecular complexity index is 748. The molecule has 5 nitrogen and oxygen atoms in total. The number of guanidine groups is 1. The summed E-state index contributed by atoms with van der Waals surface area (Å²) in [6.45, 7) is 2.01. The fraction of sp³-hybridized carbons (Fsp3) is 0.250. The normalized spacial score (nSPS) is 18.2. The molecule has 1 unspecified atom stereocenters. The average Bonchev–Trinajstić information content (AvgIpc) is 2.87. The molecule has 1 atom stereocenters. The summed E-state index contributed by atoms with van der Waals surface area (Å²) in [6, 6.07) is 8.33. The first-order valence-corrected chi connectivity index (χ1v) is 7.82. The molecule has 0 saturated carbocycles. The Balaban J connectivity index is 0.00000192. The molecule has 7 heteroatoms. The molecule has 0 saturated heterocycles. The van der Waals surface area contributed by atoms with Gasteiger partial charge in [0.15, 0.2) is 0 Å². The van der Waals surface area contributed by atoms with Crippen LogP contribution in [0.2, 0.25) is 0 Å². The number of fused-ring (bicyclic) bond motifs is 1. The van der Waals surface area contributed by atoms with E-state index < -0.39 is 0 Å². The molecule has 0 radical (unpaired) electrons. The van der Waals surface area contributed by atoms with Crippen molar-refractivity contribution in [2.45, 2.75) is 25.7 Å². The van der Waals surface area contributed by atoms with Gasteiger partial charge in [0.05, 0.1) is 12.0 Å². The zero-order chi connectivity index (χ0) is 15.7.